The fourth-order valence-corrected chi connectivity index (χ4v) is 6.89. The third-order valence-electron chi connectivity index (χ3n) is 4.75. The van der Waals surface area contributed by atoms with Crippen LogP contribution in [-0.2, 0) is 24.8 Å². The Balaban J connectivity index is 1.73. The summed E-state index contributed by atoms with van der Waals surface area (Å²) >= 11 is 1.21. The second-order valence-electron chi connectivity index (χ2n) is 6.79. The molecule has 0 aliphatic carbocycles. The lowest BCUT2D eigenvalue weighted by atomic mass is 9.99. The van der Waals surface area contributed by atoms with Gasteiger partial charge in [-0.15, -0.1) is 11.3 Å². The molecule has 1 aliphatic heterocycles. The Kier molecular flexibility index (Phi) is 6.44. The Morgan fingerprint density at radius 2 is 1.93 bits per heavy atom. The molecule has 1 unspecified atom stereocenters. The van der Waals surface area contributed by atoms with Gasteiger partial charge in [0.1, 0.15) is 4.21 Å². The van der Waals surface area contributed by atoms with E-state index in [1.807, 2.05) is 6.92 Å². The van der Waals surface area contributed by atoms with E-state index in [0.29, 0.717) is 25.1 Å². The van der Waals surface area contributed by atoms with E-state index in [-0.39, 0.29) is 21.6 Å². The molecule has 11 heteroatoms. The topological polar surface area (TPSA) is 113 Å². The van der Waals surface area contributed by atoms with Crippen LogP contribution in [0.5, 0.6) is 0 Å². The van der Waals surface area contributed by atoms with Gasteiger partial charge in [0.05, 0.1) is 10.8 Å². The SMILES string of the molecule is CNS(=O)(=O)c1cccc(NC(=O)C2CCCN(S(=O)(=O)c3ccc(C)s3)C2)c1. The third-order valence-corrected chi connectivity index (χ3v) is 9.49. The van der Waals surface area contributed by atoms with Crippen LogP contribution in [0.3, 0.4) is 0 Å². The molecular weight excluding hydrogens is 434 g/mol. The zero-order valence-corrected chi connectivity index (χ0v) is 18.5. The van der Waals surface area contributed by atoms with Crippen molar-refractivity contribution in [1.29, 1.82) is 0 Å². The number of carbonyl (C=O) groups is 1. The maximum atomic E-state index is 12.8. The zero-order valence-electron chi connectivity index (χ0n) is 16.1. The minimum atomic E-state index is -3.63. The number of thiophene rings is 1. The van der Waals surface area contributed by atoms with Gasteiger partial charge in [0.2, 0.25) is 15.9 Å². The van der Waals surface area contributed by atoms with Crippen LogP contribution in [-0.4, -0.2) is 47.2 Å². The summed E-state index contributed by atoms with van der Waals surface area (Å²) in [5.41, 5.74) is 0.347. The molecule has 8 nitrogen and oxygen atoms in total. The summed E-state index contributed by atoms with van der Waals surface area (Å²) in [6.07, 6.45) is 1.14. The van der Waals surface area contributed by atoms with Crippen LogP contribution in [0.2, 0.25) is 0 Å². The lowest BCUT2D eigenvalue weighted by molar-refractivity contribution is -0.120. The van der Waals surface area contributed by atoms with E-state index in [1.165, 1.54) is 40.9 Å². The van der Waals surface area contributed by atoms with Crippen molar-refractivity contribution >= 4 is 43.0 Å². The molecule has 1 saturated heterocycles. The number of benzene rings is 1. The first kappa shape index (κ1) is 21.9. The summed E-state index contributed by atoms with van der Waals surface area (Å²) in [6, 6.07) is 9.29. The standard InChI is InChI=1S/C18H23N3O5S3/c1-13-8-9-17(27-13)29(25,26)21-10-4-5-14(12-21)18(22)20-15-6-3-7-16(11-15)28(23,24)19-2/h3,6-9,11,14,19H,4-5,10,12H2,1-2H3,(H,20,22). The molecular formula is C18H23N3O5S3. The summed E-state index contributed by atoms with van der Waals surface area (Å²) < 4.78 is 53.4. The average Bonchev–Trinajstić information content (AvgIpc) is 3.15. The number of hydrogen-bond donors (Lipinski definition) is 2. The first-order valence-electron chi connectivity index (χ1n) is 9.04. The van der Waals surface area contributed by atoms with E-state index in [9.17, 15) is 21.6 Å². The highest BCUT2D eigenvalue weighted by Gasteiger charge is 2.34. The molecule has 2 heterocycles. The predicted octanol–water partition coefficient (Wildman–Crippen LogP) is 2.00. The fraction of sp³-hybridized carbons (Fsp3) is 0.389. The van der Waals surface area contributed by atoms with Crippen LogP contribution in [0.25, 0.3) is 0 Å². The first-order valence-corrected chi connectivity index (χ1v) is 12.8. The molecule has 2 N–H and O–H groups in total. The highest BCUT2D eigenvalue weighted by atomic mass is 32.2. The summed E-state index contributed by atoms with van der Waals surface area (Å²) in [7, 11) is -5.94. The molecule has 1 aromatic heterocycles. The molecule has 0 bridgehead atoms. The summed E-state index contributed by atoms with van der Waals surface area (Å²) in [5, 5.41) is 2.71. The molecule has 2 aromatic rings. The molecule has 29 heavy (non-hydrogen) atoms. The van der Waals surface area contributed by atoms with Crippen LogP contribution < -0.4 is 10.0 Å². The van der Waals surface area contributed by atoms with Crippen LogP contribution in [0.1, 0.15) is 17.7 Å². The molecule has 0 spiro atoms. The van der Waals surface area contributed by atoms with Crippen LogP contribution in [0.15, 0.2) is 45.5 Å². The number of aryl methyl sites for hydroxylation is 1. The number of nitrogens with zero attached hydrogens (tertiary/aromatic N) is 1. The highest BCUT2D eigenvalue weighted by Crippen LogP contribution is 2.28. The Hall–Kier alpha value is -1.79. The third kappa shape index (κ3) is 4.86. The van der Waals surface area contributed by atoms with Gasteiger partial charge in [-0.2, -0.15) is 4.31 Å². The quantitative estimate of drug-likeness (QED) is 0.689. The lowest BCUT2D eigenvalue weighted by Crippen LogP contribution is -2.43. The Morgan fingerprint density at radius 3 is 2.59 bits per heavy atom. The number of rotatable bonds is 6. The molecule has 1 aromatic carbocycles. The van der Waals surface area contributed by atoms with Crippen molar-refractivity contribution in [3.8, 4) is 0 Å². The first-order chi connectivity index (χ1) is 13.6. The van der Waals surface area contributed by atoms with Gasteiger partial charge in [0, 0.05) is 23.7 Å². The van der Waals surface area contributed by atoms with Gasteiger partial charge in [-0.1, -0.05) is 6.07 Å². The number of sulfonamides is 2. The smallest absolute Gasteiger partial charge is 0.252 e. The predicted molar refractivity (Wildman–Crippen MR) is 112 cm³/mol. The van der Waals surface area contributed by atoms with E-state index in [2.05, 4.69) is 10.0 Å². The van der Waals surface area contributed by atoms with Crippen molar-refractivity contribution < 1.29 is 21.6 Å². The van der Waals surface area contributed by atoms with E-state index >= 15 is 0 Å². The van der Waals surface area contributed by atoms with Crippen molar-refractivity contribution in [2.75, 3.05) is 25.5 Å². The Bertz CT molecular complexity index is 1110. The van der Waals surface area contributed by atoms with Crippen LogP contribution >= 0.6 is 11.3 Å². The monoisotopic (exact) mass is 457 g/mol. The second kappa shape index (κ2) is 8.52. The van der Waals surface area contributed by atoms with Gasteiger partial charge in [0.15, 0.2) is 0 Å². The number of nitrogens with one attached hydrogen (secondary N) is 2. The summed E-state index contributed by atoms with van der Waals surface area (Å²) in [4.78, 5) is 13.7. The van der Waals surface area contributed by atoms with Crippen LogP contribution in [0.4, 0.5) is 5.69 Å². The van der Waals surface area contributed by atoms with Crippen molar-refractivity contribution in [2.45, 2.75) is 28.9 Å². The molecule has 158 valence electrons. The molecule has 1 aliphatic rings. The average molecular weight is 458 g/mol. The summed E-state index contributed by atoms with van der Waals surface area (Å²) in [6.45, 7) is 2.32. The lowest BCUT2D eigenvalue weighted by Gasteiger charge is -2.30. The maximum Gasteiger partial charge on any atom is 0.252 e. The summed E-state index contributed by atoms with van der Waals surface area (Å²) in [5.74, 6) is -0.838. The minimum Gasteiger partial charge on any atom is -0.326 e. The molecule has 1 fully saturated rings. The van der Waals surface area contributed by atoms with E-state index in [0.717, 1.165) is 4.88 Å². The van der Waals surface area contributed by atoms with Gasteiger partial charge < -0.3 is 5.32 Å². The largest absolute Gasteiger partial charge is 0.326 e. The van der Waals surface area contributed by atoms with Gasteiger partial charge in [-0.3, -0.25) is 4.79 Å². The van der Waals surface area contributed by atoms with Crippen molar-refractivity contribution in [1.82, 2.24) is 9.03 Å². The minimum absolute atomic E-state index is 0.0405. The van der Waals surface area contributed by atoms with E-state index in [1.54, 1.807) is 18.2 Å². The zero-order chi connectivity index (χ0) is 21.2. The van der Waals surface area contributed by atoms with E-state index < -0.39 is 26.0 Å². The normalized spacial score (nSPS) is 18.5. The maximum absolute atomic E-state index is 12.8. The Labute approximate surface area is 175 Å². The van der Waals surface area contributed by atoms with Gasteiger partial charge in [-0.25, -0.2) is 21.6 Å². The van der Waals surface area contributed by atoms with Gasteiger partial charge >= 0.3 is 0 Å². The van der Waals surface area contributed by atoms with Crippen molar-refractivity contribution in [3.63, 3.8) is 0 Å². The molecule has 0 radical (unpaired) electrons. The van der Waals surface area contributed by atoms with Crippen molar-refractivity contribution in [2.24, 2.45) is 5.92 Å². The van der Waals surface area contributed by atoms with Gasteiger partial charge in [0.25, 0.3) is 10.0 Å². The number of piperidine rings is 1. The molecule has 0 saturated carbocycles. The number of amides is 1. The van der Waals surface area contributed by atoms with Gasteiger partial charge in [-0.05, 0) is 57.1 Å². The number of anilines is 1. The highest BCUT2D eigenvalue weighted by molar-refractivity contribution is 7.91. The molecule has 1 amide bonds. The number of hydrogen-bond acceptors (Lipinski definition) is 6. The Morgan fingerprint density at radius 1 is 1.17 bits per heavy atom. The van der Waals surface area contributed by atoms with Crippen LogP contribution in [0, 0.1) is 12.8 Å². The van der Waals surface area contributed by atoms with Crippen molar-refractivity contribution in [3.05, 3.63) is 41.3 Å². The fourth-order valence-electron chi connectivity index (χ4n) is 3.16. The second-order valence-corrected chi connectivity index (χ2v) is 12.1. The molecule has 1 atom stereocenters. The number of carbonyl (C=O) groups excluding carboxylic acids is 1. The molecule has 3 rings (SSSR count). The van der Waals surface area contributed by atoms with E-state index in [4.69, 9.17) is 0 Å².